The van der Waals surface area contributed by atoms with Crippen LogP contribution in [0, 0.1) is 0 Å². The first-order valence-electron chi connectivity index (χ1n) is 6.15. The molecule has 0 radical (unpaired) electrons. The minimum absolute atomic E-state index is 0.00749. The maximum atomic E-state index is 12.0. The van der Waals surface area contributed by atoms with Crippen molar-refractivity contribution in [1.82, 2.24) is 5.32 Å². The lowest BCUT2D eigenvalue weighted by Gasteiger charge is -2.13. The fraction of sp³-hybridized carbons (Fsp3) is 0.133. The number of nitrogens with one attached hydrogen (secondary N) is 1. The topological polar surface area (TPSA) is 75.3 Å². The second kappa shape index (κ2) is 6.41. The van der Waals surface area contributed by atoms with Crippen molar-refractivity contribution in [2.24, 2.45) is 5.73 Å². The molecule has 0 fully saturated rings. The van der Waals surface area contributed by atoms with Crippen LogP contribution in [0.25, 0.3) is 0 Å². The molecule has 0 aliphatic rings. The number of hydrogen-bond donors (Lipinski definition) is 3. The number of amides is 1. The van der Waals surface area contributed by atoms with Gasteiger partial charge in [0.05, 0.1) is 10.6 Å². The Kier molecular flexibility index (Phi) is 4.61. The lowest BCUT2D eigenvalue weighted by Crippen LogP contribution is -2.32. The molecule has 0 aliphatic carbocycles. The summed E-state index contributed by atoms with van der Waals surface area (Å²) in [6.07, 6.45) is 0. The molecular weight excluding hydrogens is 276 g/mol. The second-order valence-electron chi connectivity index (χ2n) is 4.39. The van der Waals surface area contributed by atoms with E-state index in [2.05, 4.69) is 5.32 Å². The molecule has 1 amide bonds. The van der Waals surface area contributed by atoms with Crippen LogP contribution < -0.4 is 11.1 Å². The van der Waals surface area contributed by atoms with Gasteiger partial charge in [-0.05, 0) is 23.8 Å². The monoisotopic (exact) mass is 290 g/mol. The molecule has 0 saturated heterocycles. The van der Waals surface area contributed by atoms with E-state index in [-0.39, 0.29) is 34.8 Å². The van der Waals surface area contributed by atoms with Crippen LogP contribution in [0.4, 0.5) is 0 Å². The third-order valence-corrected chi connectivity index (χ3v) is 3.23. The molecule has 20 heavy (non-hydrogen) atoms. The summed E-state index contributed by atoms with van der Waals surface area (Å²) < 4.78 is 0. The average molecular weight is 291 g/mol. The van der Waals surface area contributed by atoms with Gasteiger partial charge in [-0.2, -0.15) is 0 Å². The van der Waals surface area contributed by atoms with E-state index in [0.717, 1.165) is 5.56 Å². The molecular formula is C15H15ClN2O2. The molecule has 2 rings (SSSR count). The fourth-order valence-electron chi connectivity index (χ4n) is 1.80. The molecule has 0 heterocycles. The van der Waals surface area contributed by atoms with E-state index in [1.54, 1.807) is 0 Å². The molecule has 5 heteroatoms. The zero-order valence-electron chi connectivity index (χ0n) is 10.7. The van der Waals surface area contributed by atoms with Gasteiger partial charge in [0.2, 0.25) is 0 Å². The Bertz CT molecular complexity index is 602. The predicted octanol–water partition coefficient (Wildman–Crippen LogP) is 2.48. The highest BCUT2D eigenvalue weighted by atomic mass is 35.5. The van der Waals surface area contributed by atoms with Crippen LogP contribution in [0.2, 0.25) is 5.02 Å². The number of phenols is 1. The minimum Gasteiger partial charge on any atom is -0.508 e. The van der Waals surface area contributed by atoms with Gasteiger partial charge in [0.25, 0.3) is 5.91 Å². The maximum absolute atomic E-state index is 12.0. The zero-order chi connectivity index (χ0) is 14.5. The lowest BCUT2D eigenvalue weighted by atomic mass is 10.1. The van der Waals surface area contributed by atoms with Gasteiger partial charge in [-0.1, -0.05) is 41.9 Å². The molecule has 1 unspecified atom stereocenters. The number of rotatable bonds is 4. The highest BCUT2D eigenvalue weighted by Crippen LogP contribution is 2.21. The normalized spacial score (nSPS) is 11.9. The summed E-state index contributed by atoms with van der Waals surface area (Å²) in [5.74, 6) is -0.371. The predicted molar refractivity (Wildman–Crippen MR) is 78.8 cm³/mol. The van der Waals surface area contributed by atoms with E-state index in [1.807, 2.05) is 30.3 Å². The molecule has 4 N–H and O–H groups in total. The summed E-state index contributed by atoms with van der Waals surface area (Å²) in [7, 11) is 0. The van der Waals surface area contributed by atoms with Crippen LogP contribution in [-0.2, 0) is 0 Å². The molecule has 2 aromatic carbocycles. The molecule has 4 nitrogen and oxygen atoms in total. The van der Waals surface area contributed by atoms with E-state index in [1.165, 1.54) is 18.2 Å². The largest absolute Gasteiger partial charge is 0.508 e. The highest BCUT2D eigenvalue weighted by Gasteiger charge is 2.13. The quantitative estimate of drug-likeness (QED) is 0.810. The fourth-order valence-corrected chi connectivity index (χ4v) is 2.01. The summed E-state index contributed by atoms with van der Waals surface area (Å²) in [4.78, 5) is 12.0. The van der Waals surface area contributed by atoms with E-state index < -0.39 is 0 Å². The number of carbonyl (C=O) groups is 1. The third-order valence-electron chi connectivity index (χ3n) is 2.90. The van der Waals surface area contributed by atoms with Gasteiger partial charge in [0.1, 0.15) is 5.75 Å². The first-order chi connectivity index (χ1) is 9.58. The van der Waals surface area contributed by atoms with Gasteiger partial charge in [-0.15, -0.1) is 0 Å². The Balaban J connectivity index is 2.00. The standard InChI is InChI=1S/C15H15ClN2O2/c16-13-7-6-11(19)8-12(13)15(20)18-9-14(17)10-4-2-1-3-5-10/h1-8,14,19H,9,17H2,(H,18,20). The molecule has 0 bridgehead atoms. The van der Waals surface area contributed by atoms with Gasteiger partial charge in [-0.25, -0.2) is 0 Å². The van der Waals surface area contributed by atoms with Crippen molar-refractivity contribution in [3.05, 3.63) is 64.7 Å². The third kappa shape index (κ3) is 3.50. The van der Waals surface area contributed by atoms with Crippen molar-refractivity contribution in [3.8, 4) is 5.75 Å². The average Bonchev–Trinajstić information content (AvgIpc) is 2.47. The van der Waals surface area contributed by atoms with E-state index in [9.17, 15) is 9.90 Å². The van der Waals surface area contributed by atoms with Gasteiger partial charge in [0, 0.05) is 12.6 Å². The zero-order valence-corrected chi connectivity index (χ0v) is 11.5. The molecule has 2 aromatic rings. The molecule has 1 atom stereocenters. The summed E-state index contributed by atoms with van der Waals surface area (Å²) in [5, 5.41) is 12.4. The van der Waals surface area contributed by atoms with E-state index >= 15 is 0 Å². The number of carbonyl (C=O) groups excluding carboxylic acids is 1. The number of hydrogen-bond acceptors (Lipinski definition) is 3. The van der Waals surface area contributed by atoms with Crippen molar-refractivity contribution in [1.29, 1.82) is 0 Å². The van der Waals surface area contributed by atoms with Gasteiger partial charge >= 0.3 is 0 Å². The molecule has 0 saturated carbocycles. The first kappa shape index (κ1) is 14.4. The van der Waals surface area contributed by atoms with Crippen LogP contribution in [0.1, 0.15) is 22.0 Å². The van der Waals surface area contributed by atoms with Crippen LogP contribution >= 0.6 is 11.6 Å². The Morgan fingerprint density at radius 2 is 1.95 bits per heavy atom. The van der Waals surface area contributed by atoms with Crippen LogP contribution in [-0.4, -0.2) is 17.6 Å². The van der Waals surface area contributed by atoms with Crippen molar-refractivity contribution >= 4 is 17.5 Å². The Hall–Kier alpha value is -2.04. The van der Waals surface area contributed by atoms with Gasteiger partial charge in [-0.3, -0.25) is 4.79 Å². The molecule has 0 aromatic heterocycles. The van der Waals surface area contributed by atoms with Crippen LogP contribution in [0.3, 0.4) is 0 Å². The highest BCUT2D eigenvalue weighted by molar-refractivity contribution is 6.33. The molecule has 0 aliphatic heterocycles. The summed E-state index contributed by atoms with van der Waals surface area (Å²) in [6.45, 7) is 0.287. The first-order valence-corrected chi connectivity index (χ1v) is 6.53. The number of benzene rings is 2. The number of halogens is 1. The number of phenolic OH excluding ortho intramolecular Hbond substituents is 1. The summed E-state index contributed by atoms with van der Waals surface area (Å²) in [6, 6.07) is 13.4. The lowest BCUT2D eigenvalue weighted by molar-refractivity contribution is 0.0951. The van der Waals surface area contributed by atoms with Crippen molar-refractivity contribution in [2.45, 2.75) is 6.04 Å². The van der Waals surface area contributed by atoms with E-state index in [4.69, 9.17) is 17.3 Å². The van der Waals surface area contributed by atoms with E-state index in [0.29, 0.717) is 0 Å². The van der Waals surface area contributed by atoms with Crippen LogP contribution in [0.5, 0.6) is 5.75 Å². The Morgan fingerprint density at radius 3 is 2.65 bits per heavy atom. The number of nitrogens with two attached hydrogens (primary N) is 1. The minimum atomic E-state index is -0.364. The Morgan fingerprint density at radius 1 is 1.25 bits per heavy atom. The molecule has 0 spiro atoms. The van der Waals surface area contributed by atoms with Crippen LogP contribution in [0.15, 0.2) is 48.5 Å². The van der Waals surface area contributed by atoms with Crippen molar-refractivity contribution in [2.75, 3.05) is 6.54 Å². The number of aromatic hydroxyl groups is 1. The Labute approximate surface area is 122 Å². The SMILES string of the molecule is NC(CNC(=O)c1cc(O)ccc1Cl)c1ccccc1. The van der Waals surface area contributed by atoms with Crippen molar-refractivity contribution in [3.63, 3.8) is 0 Å². The second-order valence-corrected chi connectivity index (χ2v) is 4.80. The maximum Gasteiger partial charge on any atom is 0.252 e. The van der Waals surface area contributed by atoms with Gasteiger partial charge < -0.3 is 16.2 Å². The molecule has 104 valence electrons. The van der Waals surface area contributed by atoms with Gasteiger partial charge in [0.15, 0.2) is 0 Å². The summed E-state index contributed by atoms with van der Waals surface area (Å²) >= 11 is 5.92. The van der Waals surface area contributed by atoms with Crippen molar-refractivity contribution < 1.29 is 9.90 Å². The summed E-state index contributed by atoms with van der Waals surface area (Å²) in [5.41, 5.74) is 7.16. The smallest absolute Gasteiger partial charge is 0.252 e.